The molecule has 0 radical (unpaired) electrons. The van der Waals surface area contributed by atoms with E-state index in [0.717, 1.165) is 5.56 Å². The van der Waals surface area contributed by atoms with Gasteiger partial charge in [-0.15, -0.1) is 0 Å². The molecule has 1 fully saturated rings. The Morgan fingerprint density at radius 2 is 2.00 bits per heavy atom. The Kier molecular flexibility index (Phi) is 5.20. The van der Waals surface area contributed by atoms with E-state index < -0.39 is 17.9 Å². The number of hydrogen-bond donors (Lipinski definition) is 1. The van der Waals surface area contributed by atoms with E-state index in [4.69, 9.17) is 16.3 Å². The molecule has 6 heteroatoms. The maximum Gasteiger partial charge on any atom is 0.311 e. The van der Waals surface area contributed by atoms with Crippen LogP contribution in [-0.4, -0.2) is 47.7 Å². The summed E-state index contributed by atoms with van der Waals surface area (Å²) in [5, 5.41) is 9.82. The van der Waals surface area contributed by atoms with Gasteiger partial charge in [0.2, 0.25) is 5.91 Å². The van der Waals surface area contributed by atoms with Gasteiger partial charge in [-0.1, -0.05) is 23.7 Å². The van der Waals surface area contributed by atoms with E-state index in [-0.39, 0.29) is 25.5 Å². The molecule has 1 amide bonds. The molecule has 1 aromatic carbocycles. The SMILES string of the molecule is CCN(C(=O)Cc1ccc(Cl)cc1)C1COCC1C(=O)O. The molecule has 0 aliphatic carbocycles. The third-order valence-electron chi connectivity index (χ3n) is 3.70. The first-order valence-electron chi connectivity index (χ1n) is 6.87. The zero-order valence-corrected chi connectivity index (χ0v) is 12.5. The maximum atomic E-state index is 12.4. The highest BCUT2D eigenvalue weighted by Gasteiger charge is 2.39. The van der Waals surface area contributed by atoms with Crippen molar-refractivity contribution in [3.8, 4) is 0 Å². The Hall–Kier alpha value is -1.59. The number of benzene rings is 1. The van der Waals surface area contributed by atoms with Crippen molar-refractivity contribution in [2.45, 2.75) is 19.4 Å². The topological polar surface area (TPSA) is 66.8 Å². The van der Waals surface area contributed by atoms with Gasteiger partial charge in [-0.2, -0.15) is 0 Å². The first-order valence-corrected chi connectivity index (χ1v) is 7.25. The molecule has 0 saturated carbocycles. The fourth-order valence-electron chi connectivity index (χ4n) is 2.56. The number of halogens is 1. The third kappa shape index (κ3) is 3.74. The standard InChI is InChI=1S/C15H18ClNO4/c1-2-17(13-9-21-8-12(13)15(19)20)14(18)7-10-3-5-11(16)6-4-10/h3-6,12-13H,2,7-9H2,1H3,(H,19,20). The van der Waals surface area contributed by atoms with Crippen LogP contribution in [-0.2, 0) is 20.7 Å². The molecule has 1 aliphatic rings. The second-order valence-corrected chi connectivity index (χ2v) is 5.47. The van der Waals surface area contributed by atoms with Crippen molar-refractivity contribution in [1.29, 1.82) is 0 Å². The molecule has 114 valence electrons. The summed E-state index contributed by atoms with van der Waals surface area (Å²) < 4.78 is 5.24. The predicted molar refractivity (Wildman–Crippen MR) is 78.3 cm³/mol. The number of aliphatic carboxylic acids is 1. The first kappa shape index (κ1) is 15.8. The fourth-order valence-corrected chi connectivity index (χ4v) is 2.69. The zero-order chi connectivity index (χ0) is 15.4. The maximum absolute atomic E-state index is 12.4. The van der Waals surface area contributed by atoms with Crippen molar-refractivity contribution in [1.82, 2.24) is 4.90 Å². The van der Waals surface area contributed by atoms with E-state index in [1.54, 1.807) is 29.2 Å². The molecule has 5 nitrogen and oxygen atoms in total. The molecular weight excluding hydrogens is 294 g/mol. The number of likely N-dealkylation sites (N-methyl/N-ethyl adjacent to an activating group) is 1. The average molecular weight is 312 g/mol. The second-order valence-electron chi connectivity index (χ2n) is 5.03. The van der Waals surface area contributed by atoms with E-state index in [1.807, 2.05) is 6.92 Å². The van der Waals surface area contributed by atoms with Crippen molar-refractivity contribution in [3.05, 3.63) is 34.9 Å². The van der Waals surface area contributed by atoms with Gasteiger partial charge in [-0.25, -0.2) is 0 Å². The summed E-state index contributed by atoms with van der Waals surface area (Å²) in [6, 6.07) is 6.67. The largest absolute Gasteiger partial charge is 0.481 e. The van der Waals surface area contributed by atoms with Crippen LogP contribution in [0.4, 0.5) is 0 Å². The van der Waals surface area contributed by atoms with E-state index in [0.29, 0.717) is 11.6 Å². The summed E-state index contributed by atoms with van der Waals surface area (Å²) in [6.07, 6.45) is 0.230. The van der Waals surface area contributed by atoms with E-state index in [2.05, 4.69) is 0 Å². The van der Waals surface area contributed by atoms with Gasteiger partial charge in [-0.05, 0) is 24.6 Å². The lowest BCUT2D eigenvalue weighted by Gasteiger charge is -2.29. The van der Waals surface area contributed by atoms with Gasteiger partial charge in [0.1, 0.15) is 5.92 Å². The molecule has 21 heavy (non-hydrogen) atoms. The Bertz CT molecular complexity index is 517. The molecule has 1 saturated heterocycles. The molecule has 1 heterocycles. The van der Waals surface area contributed by atoms with Crippen LogP contribution in [0.15, 0.2) is 24.3 Å². The molecular formula is C15H18ClNO4. The lowest BCUT2D eigenvalue weighted by atomic mass is 10.0. The number of amides is 1. The highest BCUT2D eigenvalue weighted by molar-refractivity contribution is 6.30. The Morgan fingerprint density at radius 1 is 1.33 bits per heavy atom. The minimum atomic E-state index is -0.921. The van der Waals surface area contributed by atoms with Crippen LogP contribution in [0.2, 0.25) is 5.02 Å². The number of nitrogens with zero attached hydrogens (tertiary/aromatic N) is 1. The summed E-state index contributed by atoms with van der Waals surface area (Å²) in [6.45, 7) is 2.74. The fraction of sp³-hybridized carbons (Fsp3) is 0.467. The van der Waals surface area contributed by atoms with E-state index in [1.165, 1.54) is 0 Å². The number of carbonyl (C=O) groups excluding carboxylic acids is 1. The number of carboxylic acid groups (broad SMARTS) is 1. The summed E-state index contributed by atoms with van der Waals surface area (Å²) >= 11 is 5.82. The van der Waals surface area contributed by atoms with Crippen molar-refractivity contribution >= 4 is 23.5 Å². The van der Waals surface area contributed by atoms with Gasteiger partial charge in [0, 0.05) is 11.6 Å². The number of carbonyl (C=O) groups is 2. The average Bonchev–Trinajstić information content (AvgIpc) is 2.91. The van der Waals surface area contributed by atoms with E-state index in [9.17, 15) is 14.7 Å². The molecule has 0 bridgehead atoms. The molecule has 2 rings (SSSR count). The smallest absolute Gasteiger partial charge is 0.311 e. The monoisotopic (exact) mass is 311 g/mol. The van der Waals surface area contributed by atoms with E-state index >= 15 is 0 Å². The summed E-state index contributed by atoms with van der Waals surface area (Å²) in [4.78, 5) is 25.2. The number of ether oxygens (including phenoxy) is 1. The highest BCUT2D eigenvalue weighted by Crippen LogP contribution is 2.21. The molecule has 0 spiro atoms. The quantitative estimate of drug-likeness (QED) is 0.901. The zero-order valence-electron chi connectivity index (χ0n) is 11.8. The Labute approximate surface area is 128 Å². The van der Waals surface area contributed by atoms with Gasteiger partial charge in [0.25, 0.3) is 0 Å². The van der Waals surface area contributed by atoms with Crippen molar-refractivity contribution in [2.75, 3.05) is 19.8 Å². The van der Waals surface area contributed by atoms with Crippen LogP contribution in [0.5, 0.6) is 0 Å². The van der Waals surface area contributed by atoms with Gasteiger partial charge < -0.3 is 14.7 Å². The molecule has 1 N–H and O–H groups in total. The summed E-state index contributed by atoms with van der Waals surface area (Å²) in [5.74, 6) is -1.67. The van der Waals surface area contributed by atoms with Crippen LogP contribution >= 0.6 is 11.6 Å². The first-order chi connectivity index (χ1) is 10.0. The molecule has 1 aromatic rings. The van der Waals surface area contributed by atoms with Crippen molar-refractivity contribution in [3.63, 3.8) is 0 Å². The predicted octanol–water partition coefficient (Wildman–Crippen LogP) is 1.83. The lowest BCUT2D eigenvalue weighted by Crippen LogP contribution is -2.47. The summed E-state index contributed by atoms with van der Waals surface area (Å²) in [7, 11) is 0. The van der Waals surface area contributed by atoms with Crippen molar-refractivity contribution in [2.24, 2.45) is 5.92 Å². The van der Waals surface area contributed by atoms with Gasteiger partial charge in [0.15, 0.2) is 0 Å². The number of carboxylic acids is 1. The van der Waals surface area contributed by atoms with Crippen LogP contribution < -0.4 is 0 Å². The number of rotatable bonds is 5. The summed E-state index contributed by atoms with van der Waals surface area (Å²) in [5.41, 5.74) is 0.855. The minimum absolute atomic E-state index is 0.0958. The van der Waals surface area contributed by atoms with Crippen LogP contribution in [0.1, 0.15) is 12.5 Å². The second kappa shape index (κ2) is 6.91. The molecule has 0 aromatic heterocycles. The molecule has 2 atom stereocenters. The molecule has 1 aliphatic heterocycles. The van der Waals surface area contributed by atoms with Gasteiger partial charge in [0.05, 0.1) is 25.7 Å². The van der Waals surface area contributed by atoms with Gasteiger partial charge in [-0.3, -0.25) is 9.59 Å². The van der Waals surface area contributed by atoms with Crippen LogP contribution in [0.3, 0.4) is 0 Å². The normalized spacial score (nSPS) is 21.2. The van der Waals surface area contributed by atoms with Crippen LogP contribution in [0, 0.1) is 5.92 Å². The van der Waals surface area contributed by atoms with Gasteiger partial charge >= 0.3 is 5.97 Å². The third-order valence-corrected chi connectivity index (χ3v) is 3.95. The lowest BCUT2D eigenvalue weighted by molar-refractivity contribution is -0.144. The Morgan fingerprint density at radius 3 is 2.57 bits per heavy atom. The highest BCUT2D eigenvalue weighted by atomic mass is 35.5. The Balaban J connectivity index is 2.07. The number of hydrogen-bond acceptors (Lipinski definition) is 3. The minimum Gasteiger partial charge on any atom is -0.481 e. The van der Waals surface area contributed by atoms with Crippen LogP contribution in [0.25, 0.3) is 0 Å². The van der Waals surface area contributed by atoms with Crippen molar-refractivity contribution < 1.29 is 19.4 Å². The molecule has 2 unspecified atom stereocenters.